The van der Waals surface area contributed by atoms with Crippen molar-refractivity contribution in [2.24, 2.45) is 7.05 Å². The van der Waals surface area contributed by atoms with Gasteiger partial charge in [-0.2, -0.15) is 17.7 Å². The van der Waals surface area contributed by atoms with Crippen LogP contribution in [0.5, 0.6) is 0 Å². The summed E-state index contributed by atoms with van der Waals surface area (Å²) in [5.74, 6) is 1.68. The van der Waals surface area contributed by atoms with E-state index < -0.39 is 0 Å². The molecule has 0 radical (unpaired) electrons. The summed E-state index contributed by atoms with van der Waals surface area (Å²) in [7, 11) is 1.88. The Kier molecular flexibility index (Phi) is 5.26. The third-order valence-corrected chi connectivity index (χ3v) is 2.55. The smallest absolute Gasteiger partial charge is 0.185 e. The number of aromatic nitrogens is 3. The Morgan fingerprint density at radius 2 is 2.46 bits per heavy atom. The highest BCUT2D eigenvalue weighted by molar-refractivity contribution is 7.99. The molecule has 1 rings (SSSR count). The fourth-order valence-electron chi connectivity index (χ4n) is 0.775. The van der Waals surface area contributed by atoms with Crippen LogP contribution in [-0.2, 0) is 11.8 Å². The van der Waals surface area contributed by atoms with E-state index in [1.165, 1.54) is 0 Å². The van der Waals surface area contributed by atoms with Gasteiger partial charge in [0, 0.05) is 18.6 Å². The van der Waals surface area contributed by atoms with Gasteiger partial charge >= 0.3 is 0 Å². The van der Waals surface area contributed by atoms with Crippen molar-refractivity contribution < 1.29 is 4.74 Å². The predicted octanol–water partition coefficient (Wildman–Crippen LogP) is 0.854. The first-order valence-corrected chi connectivity index (χ1v) is 5.62. The summed E-state index contributed by atoms with van der Waals surface area (Å²) in [6.07, 6.45) is 1.55. The molecule has 1 aromatic rings. The number of hydrogen-bond acceptors (Lipinski definition) is 5. The van der Waals surface area contributed by atoms with Gasteiger partial charge in [0.15, 0.2) is 5.16 Å². The minimum absolute atomic E-state index is 0.711. The number of nitrogens with zero attached hydrogens (tertiary/aromatic N) is 3. The zero-order valence-electron chi connectivity index (χ0n) is 7.51. The van der Waals surface area contributed by atoms with Crippen LogP contribution >= 0.6 is 24.4 Å². The molecule has 0 amide bonds. The van der Waals surface area contributed by atoms with Crippen LogP contribution in [0.25, 0.3) is 0 Å². The standard InChI is InChI=1S/C7H13N3OS2/c1-10-7(8-6-9-10)13-5-3-11-2-4-12/h6,12H,2-5H2,1H3. The first-order chi connectivity index (χ1) is 6.34. The summed E-state index contributed by atoms with van der Waals surface area (Å²) >= 11 is 5.68. The number of rotatable bonds is 6. The Morgan fingerprint density at radius 3 is 3.08 bits per heavy atom. The Hall–Kier alpha value is -0.200. The van der Waals surface area contributed by atoms with Gasteiger partial charge in [-0.15, -0.1) is 0 Å². The van der Waals surface area contributed by atoms with Gasteiger partial charge in [-0.1, -0.05) is 11.8 Å². The summed E-state index contributed by atoms with van der Waals surface area (Å²) in [6.45, 7) is 1.45. The van der Waals surface area contributed by atoms with Crippen molar-refractivity contribution in [1.82, 2.24) is 14.8 Å². The van der Waals surface area contributed by atoms with Crippen LogP contribution in [0.15, 0.2) is 11.5 Å². The topological polar surface area (TPSA) is 39.9 Å². The maximum absolute atomic E-state index is 5.27. The van der Waals surface area contributed by atoms with Crippen LogP contribution in [-0.4, -0.2) is 39.5 Å². The first-order valence-electron chi connectivity index (χ1n) is 4.00. The SMILES string of the molecule is Cn1ncnc1SCCOCCS. The molecule has 0 unspecified atom stereocenters. The van der Waals surface area contributed by atoms with E-state index in [9.17, 15) is 0 Å². The van der Waals surface area contributed by atoms with Crippen LogP contribution in [0.1, 0.15) is 0 Å². The molecule has 0 saturated carbocycles. The van der Waals surface area contributed by atoms with Crippen LogP contribution in [0.4, 0.5) is 0 Å². The van der Waals surface area contributed by atoms with E-state index in [2.05, 4.69) is 22.7 Å². The van der Waals surface area contributed by atoms with Gasteiger partial charge in [-0.3, -0.25) is 0 Å². The van der Waals surface area contributed by atoms with Gasteiger partial charge in [0.25, 0.3) is 0 Å². The molecule has 13 heavy (non-hydrogen) atoms. The van der Waals surface area contributed by atoms with Gasteiger partial charge < -0.3 is 4.74 Å². The molecular weight excluding hydrogens is 206 g/mol. The van der Waals surface area contributed by atoms with Crippen molar-refractivity contribution in [3.05, 3.63) is 6.33 Å². The van der Waals surface area contributed by atoms with E-state index in [0.29, 0.717) is 6.61 Å². The monoisotopic (exact) mass is 219 g/mol. The fourth-order valence-corrected chi connectivity index (χ4v) is 1.64. The highest BCUT2D eigenvalue weighted by atomic mass is 32.2. The van der Waals surface area contributed by atoms with Crippen LogP contribution in [0, 0.1) is 0 Å². The van der Waals surface area contributed by atoms with Crippen molar-refractivity contribution in [3.63, 3.8) is 0 Å². The summed E-state index contributed by atoms with van der Waals surface area (Å²) in [5.41, 5.74) is 0. The Labute approximate surface area is 87.5 Å². The molecule has 0 aliphatic heterocycles. The predicted molar refractivity (Wildman–Crippen MR) is 56.4 cm³/mol. The summed E-state index contributed by atoms with van der Waals surface area (Å²) in [6, 6.07) is 0. The maximum Gasteiger partial charge on any atom is 0.185 e. The molecule has 1 aromatic heterocycles. The van der Waals surface area contributed by atoms with E-state index in [1.807, 2.05) is 7.05 Å². The first kappa shape index (κ1) is 10.9. The number of aryl methyl sites for hydroxylation is 1. The Bertz CT molecular complexity index is 241. The van der Waals surface area contributed by atoms with Crippen LogP contribution in [0.2, 0.25) is 0 Å². The molecule has 0 atom stereocenters. The van der Waals surface area contributed by atoms with E-state index in [-0.39, 0.29) is 0 Å². The molecule has 0 bridgehead atoms. The molecule has 6 heteroatoms. The lowest BCUT2D eigenvalue weighted by Crippen LogP contribution is -2.01. The summed E-state index contributed by atoms with van der Waals surface area (Å²) < 4.78 is 7.02. The molecule has 0 fully saturated rings. The van der Waals surface area contributed by atoms with E-state index in [1.54, 1.807) is 22.8 Å². The highest BCUT2D eigenvalue weighted by Crippen LogP contribution is 2.11. The molecule has 0 aromatic carbocycles. The average molecular weight is 219 g/mol. The minimum atomic E-state index is 0.711. The molecule has 1 heterocycles. The third kappa shape index (κ3) is 4.02. The normalized spacial score (nSPS) is 10.6. The van der Waals surface area contributed by atoms with E-state index in [0.717, 1.165) is 23.3 Å². The maximum atomic E-state index is 5.27. The quantitative estimate of drug-likeness (QED) is 0.437. The van der Waals surface area contributed by atoms with Gasteiger partial charge in [-0.05, 0) is 0 Å². The van der Waals surface area contributed by atoms with Crippen molar-refractivity contribution in [3.8, 4) is 0 Å². The van der Waals surface area contributed by atoms with Gasteiger partial charge in [0.1, 0.15) is 6.33 Å². The largest absolute Gasteiger partial charge is 0.380 e. The number of thioether (sulfide) groups is 1. The zero-order valence-corrected chi connectivity index (χ0v) is 9.22. The zero-order chi connectivity index (χ0) is 9.52. The number of thiol groups is 1. The molecular formula is C7H13N3OS2. The Morgan fingerprint density at radius 1 is 1.62 bits per heavy atom. The minimum Gasteiger partial charge on any atom is -0.380 e. The fraction of sp³-hybridized carbons (Fsp3) is 0.714. The van der Waals surface area contributed by atoms with E-state index in [4.69, 9.17) is 4.74 Å². The highest BCUT2D eigenvalue weighted by Gasteiger charge is 1.99. The lowest BCUT2D eigenvalue weighted by Gasteiger charge is -2.01. The number of ether oxygens (including phenoxy) is 1. The summed E-state index contributed by atoms with van der Waals surface area (Å²) in [5, 5.41) is 4.89. The van der Waals surface area contributed by atoms with Crippen LogP contribution < -0.4 is 0 Å². The molecule has 0 aliphatic rings. The molecule has 0 spiro atoms. The third-order valence-electron chi connectivity index (χ3n) is 1.36. The summed E-state index contributed by atoms with van der Waals surface area (Å²) in [4.78, 5) is 4.08. The molecule has 4 nitrogen and oxygen atoms in total. The molecule has 74 valence electrons. The average Bonchev–Trinajstić information content (AvgIpc) is 2.52. The number of hydrogen-bond donors (Lipinski definition) is 1. The van der Waals surface area contributed by atoms with Crippen molar-refractivity contribution >= 4 is 24.4 Å². The van der Waals surface area contributed by atoms with Gasteiger partial charge in [0.05, 0.1) is 13.2 Å². The lowest BCUT2D eigenvalue weighted by atomic mass is 10.8. The van der Waals surface area contributed by atoms with Crippen molar-refractivity contribution in [2.75, 3.05) is 24.7 Å². The lowest BCUT2D eigenvalue weighted by molar-refractivity contribution is 0.167. The van der Waals surface area contributed by atoms with Crippen molar-refractivity contribution in [1.29, 1.82) is 0 Å². The molecule has 0 saturated heterocycles. The second kappa shape index (κ2) is 6.28. The molecule has 0 N–H and O–H groups in total. The molecule has 0 aliphatic carbocycles. The van der Waals surface area contributed by atoms with Gasteiger partial charge in [-0.25, -0.2) is 9.67 Å². The second-order valence-electron chi connectivity index (χ2n) is 2.35. The van der Waals surface area contributed by atoms with Crippen molar-refractivity contribution in [2.45, 2.75) is 5.16 Å². The second-order valence-corrected chi connectivity index (χ2v) is 3.86. The Balaban J connectivity index is 2.10. The van der Waals surface area contributed by atoms with Crippen LogP contribution in [0.3, 0.4) is 0 Å². The van der Waals surface area contributed by atoms with Gasteiger partial charge in [0.2, 0.25) is 0 Å². The van der Waals surface area contributed by atoms with E-state index >= 15 is 0 Å².